The van der Waals surface area contributed by atoms with E-state index in [2.05, 4.69) is 42.2 Å². The van der Waals surface area contributed by atoms with E-state index in [0.29, 0.717) is 31.7 Å². The van der Waals surface area contributed by atoms with Crippen molar-refractivity contribution in [3.8, 4) is 11.5 Å². The largest absolute Gasteiger partial charge is 0.488 e. The van der Waals surface area contributed by atoms with Crippen LogP contribution in [0.3, 0.4) is 0 Å². The topological polar surface area (TPSA) is 77.5 Å². The van der Waals surface area contributed by atoms with E-state index in [0.717, 1.165) is 64.3 Å². The molecule has 7 heteroatoms. The number of unbranched alkanes of at least 4 members (excludes halogenated alkanes) is 1. The maximum Gasteiger partial charge on any atom is 0.338 e. The molecule has 0 saturated carbocycles. The Morgan fingerprint density at radius 2 is 1.46 bits per heavy atom. The molecule has 7 nitrogen and oxygen atoms in total. The van der Waals surface area contributed by atoms with Gasteiger partial charge in [-0.2, -0.15) is 0 Å². The molecule has 0 radical (unpaired) electrons. The second-order valence-corrected chi connectivity index (χ2v) is 13.0. The zero-order valence-electron chi connectivity index (χ0n) is 28.4. The minimum atomic E-state index is -1.30. The summed E-state index contributed by atoms with van der Waals surface area (Å²) in [6, 6.07) is 41.3. The summed E-state index contributed by atoms with van der Waals surface area (Å²) >= 11 is 0. The Bertz CT molecular complexity index is 1880. The highest BCUT2D eigenvalue weighted by Crippen LogP contribution is 2.52. The number of aliphatic hydroxyl groups is 1. The number of benzene rings is 5. The van der Waals surface area contributed by atoms with Crippen LogP contribution in [0.1, 0.15) is 64.4 Å². The molecule has 1 fully saturated rings. The van der Waals surface area contributed by atoms with Crippen molar-refractivity contribution >= 4 is 11.7 Å². The summed E-state index contributed by atoms with van der Waals surface area (Å²) < 4.78 is 25.6. The number of aryl methyl sites for hydroxylation is 1. The quantitative estimate of drug-likeness (QED) is 0.119. The monoisotopic (exact) mass is 669 g/mol. The molecule has 5 aromatic carbocycles. The molecule has 2 aliphatic rings. The Hall–Kier alpha value is -5.11. The van der Waals surface area contributed by atoms with Gasteiger partial charge in [-0.3, -0.25) is 0 Å². The average molecular weight is 670 g/mol. The van der Waals surface area contributed by atoms with Gasteiger partial charge in [-0.1, -0.05) is 116 Å². The molecule has 0 bridgehead atoms. The third-order valence-electron chi connectivity index (χ3n) is 9.53. The van der Waals surface area contributed by atoms with Crippen molar-refractivity contribution in [1.82, 2.24) is 0 Å². The number of carbonyl (C=O) groups is 1. The highest BCUT2D eigenvalue weighted by Gasteiger charge is 2.57. The summed E-state index contributed by atoms with van der Waals surface area (Å²) in [5.41, 5.74) is 5.01. The first-order valence-corrected chi connectivity index (χ1v) is 17.5. The zero-order valence-corrected chi connectivity index (χ0v) is 28.4. The van der Waals surface area contributed by atoms with Crippen molar-refractivity contribution in [1.29, 1.82) is 0 Å². The van der Waals surface area contributed by atoms with Crippen molar-refractivity contribution in [3.63, 3.8) is 0 Å². The van der Waals surface area contributed by atoms with Gasteiger partial charge in [0.05, 0.1) is 23.8 Å². The van der Waals surface area contributed by atoms with E-state index in [9.17, 15) is 9.90 Å². The van der Waals surface area contributed by atoms with Gasteiger partial charge >= 0.3 is 5.97 Å². The van der Waals surface area contributed by atoms with Gasteiger partial charge in [0.25, 0.3) is 0 Å². The second-order valence-electron chi connectivity index (χ2n) is 13.0. The van der Waals surface area contributed by atoms with E-state index in [1.807, 2.05) is 72.8 Å². The van der Waals surface area contributed by atoms with Gasteiger partial charge in [0.1, 0.15) is 36.9 Å². The Morgan fingerprint density at radius 3 is 2.16 bits per heavy atom. The molecule has 0 amide bonds. The lowest BCUT2D eigenvalue weighted by Crippen LogP contribution is -2.41. The SMILES string of the molecule is CCCCc1ccc(OCc2ccccc2)c(CN2c3ccccc3[C@]3(O)C[C@@H](COC(=O)c4ccccc4)OC23)c1OCc1ccccc1. The number of ether oxygens (including phenoxy) is 4. The van der Waals surface area contributed by atoms with E-state index in [4.69, 9.17) is 18.9 Å². The van der Waals surface area contributed by atoms with Gasteiger partial charge < -0.3 is 29.0 Å². The summed E-state index contributed by atoms with van der Waals surface area (Å²) in [4.78, 5) is 14.9. The van der Waals surface area contributed by atoms with Gasteiger partial charge in [-0.05, 0) is 53.8 Å². The summed E-state index contributed by atoms with van der Waals surface area (Å²) in [5.74, 6) is 1.10. The Morgan fingerprint density at radius 1 is 0.820 bits per heavy atom. The molecule has 2 aliphatic heterocycles. The molecular formula is C43H43NO6. The van der Waals surface area contributed by atoms with Crippen molar-refractivity contribution in [2.45, 2.75) is 70.3 Å². The third-order valence-corrected chi connectivity index (χ3v) is 9.53. The molecule has 7 rings (SSSR count). The van der Waals surface area contributed by atoms with Crippen LogP contribution in [0.25, 0.3) is 0 Å². The standard InChI is InChI=1S/C43H43NO6/c1-2-3-19-33-24-25-39(47-28-31-15-7-4-8-16-31)36(40(33)48-29-32-17-9-5-10-18-32)27-44-38-23-14-13-22-37(38)43(46)26-35(50-42(43)44)30-49-41(45)34-20-11-6-12-21-34/h4-18,20-25,35,42,46H,2-3,19,26-30H2,1H3/t35-,42?,43+/m0/s1. The summed E-state index contributed by atoms with van der Waals surface area (Å²) in [5, 5.41) is 12.3. The predicted molar refractivity (Wildman–Crippen MR) is 193 cm³/mol. The molecule has 1 saturated heterocycles. The lowest BCUT2D eigenvalue weighted by Gasteiger charge is -2.31. The third kappa shape index (κ3) is 7.11. The minimum Gasteiger partial charge on any atom is -0.488 e. The summed E-state index contributed by atoms with van der Waals surface area (Å²) in [7, 11) is 0. The van der Waals surface area contributed by atoms with Crippen LogP contribution in [0, 0.1) is 0 Å². The molecule has 1 N–H and O–H groups in total. The molecule has 3 atom stereocenters. The number of carbonyl (C=O) groups excluding carboxylic acids is 1. The normalized spacial score (nSPS) is 19.1. The lowest BCUT2D eigenvalue weighted by atomic mass is 9.91. The zero-order chi connectivity index (χ0) is 34.3. The van der Waals surface area contributed by atoms with Crippen LogP contribution in [-0.4, -0.2) is 30.0 Å². The number of fused-ring (bicyclic) bond motifs is 3. The maximum absolute atomic E-state index is 12.8. The van der Waals surface area contributed by atoms with Crippen LogP contribution in [0.4, 0.5) is 5.69 Å². The number of hydrogen-bond donors (Lipinski definition) is 1. The highest BCUT2D eigenvalue weighted by atomic mass is 16.6. The molecule has 0 aromatic heterocycles. The first kappa shape index (κ1) is 33.4. The predicted octanol–water partition coefficient (Wildman–Crippen LogP) is 8.37. The summed E-state index contributed by atoms with van der Waals surface area (Å²) in [6.07, 6.45) is 2.03. The van der Waals surface area contributed by atoms with Crippen LogP contribution in [0.2, 0.25) is 0 Å². The van der Waals surface area contributed by atoms with E-state index in [1.54, 1.807) is 24.3 Å². The fourth-order valence-corrected chi connectivity index (χ4v) is 7.00. The smallest absolute Gasteiger partial charge is 0.338 e. The van der Waals surface area contributed by atoms with Crippen LogP contribution >= 0.6 is 0 Å². The molecule has 0 spiro atoms. The Balaban J connectivity index is 1.22. The summed E-state index contributed by atoms with van der Waals surface area (Å²) in [6.45, 7) is 3.40. The van der Waals surface area contributed by atoms with Crippen molar-refractivity contribution in [2.24, 2.45) is 0 Å². The van der Waals surface area contributed by atoms with E-state index >= 15 is 0 Å². The Labute approximate surface area is 294 Å². The first-order valence-electron chi connectivity index (χ1n) is 17.5. The fourth-order valence-electron chi connectivity index (χ4n) is 7.00. The number of esters is 1. The number of nitrogens with zero attached hydrogens (tertiary/aromatic N) is 1. The van der Waals surface area contributed by atoms with Crippen LogP contribution in [-0.2, 0) is 41.3 Å². The van der Waals surface area contributed by atoms with E-state index < -0.39 is 23.9 Å². The van der Waals surface area contributed by atoms with E-state index in [-0.39, 0.29) is 6.61 Å². The average Bonchev–Trinajstić information content (AvgIpc) is 3.62. The van der Waals surface area contributed by atoms with Gasteiger partial charge in [0.15, 0.2) is 6.23 Å². The van der Waals surface area contributed by atoms with Crippen molar-refractivity contribution < 1.29 is 28.8 Å². The maximum atomic E-state index is 12.8. The molecule has 0 aliphatic carbocycles. The minimum absolute atomic E-state index is 0.0337. The molecule has 1 unspecified atom stereocenters. The van der Waals surface area contributed by atoms with Crippen LogP contribution < -0.4 is 14.4 Å². The second kappa shape index (κ2) is 15.2. The molecular weight excluding hydrogens is 626 g/mol. The highest BCUT2D eigenvalue weighted by molar-refractivity contribution is 5.89. The fraction of sp³-hybridized carbons (Fsp3) is 0.279. The van der Waals surface area contributed by atoms with Crippen LogP contribution in [0.15, 0.2) is 127 Å². The molecule has 256 valence electrons. The van der Waals surface area contributed by atoms with Gasteiger partial charge in [0, 0.05) is 17.7 Å². The van der Waals surface area contributed by atoms with Crippen molar-refractivity contribution in [2.75, 3.05) is 11.5 Å². The van der Waals surface area contributed by atoms with Crippen LogP contribution in [0.5, 0.6) is 11.5 Å². The van der Waals surface area contributed by atoms with Crippen molar-refractivity contribution in [3.05, 3.63) is 161 Å². The number of anilines is 1. The molecule has 5 aromatic rings. The lowest BCUT2D eigenvalue weighted by molar-refractivity contribution is -0.0510. The van der Waals surface area contributed by atoms with E-state index in [1.165, 1.54) is 0 Å². The van der Waals surface area contributed by atoms with Gasteiger partial charge in [0.2, 0.25) is 0 Å². The Kier molecular flexibility index (Phi) is 10.1. The molecule has 50 heavy (non-hydrogen) atoms. The molecule has 2 heterocycles. The number of para-hydroxylation sites is 1. The number of rotatable bonds is 14. The van der Waals surface area contributed by atoms with Gasteiger partial charge in [-0.15, -0.1) is 0 Å². The first-order chi connectivity index (χ1) is 24.5. The van der Waals surface area contributed by atoms with Gasteiger partial charge in [-0.25, -0.2) is 4.79 Å². The number of hydrogen-bond acceptors (Lipinski definition) is 7.